The van der Waals surface area contributed by atoms with Crippen LogP contribution in [0.15, 0.2) is 18.2 Å². The predicted octanol–water partition coefficient (Wildman–Crippen LogP) is 4.20. The zero-order valence-corrected chi connectivity index (χ0v) is 10.9. The lowest BCUT2D eigenvalue weighted by Gasteiger charge is -2.07. The Morgan fingerprint density at radius 3 is 2.73 bits per heavy atom. The second-order valence-electron chi connectivity index (χ2n) is 4.08. The largest absolute Gasteiger partial charge is 0.398 e. The summed E-state index contributed by atoms with van der Waals surface area (Å²) in [5, 5.41) is 0.712. The molecule has 0 unspecified atom stereocenters. The molecule has 0 spiro atoms. The third kappa shape index (κ3) is 4.80. The van der Waals surface area contributed by atoms with E-state index in [1.54, 1.807) is 0 Å². The van der Waals surface area contributed by atoms with Crippen molar-refractivity contribution in [3.8, 4) is 0 Å². The molecule has 1 nitrogen and oxygen atoms in total. The summed E-state index contributed by atoms with van der Waals surface area (Å²) in [6, 6.07) is 5.73. The average Bonchev–Trinajstić information content (AvgIpc) is 2.14. The number of anilines is 1. The van der Waals surface area contributed by atoms with Crippen molar-refractivity contribution in [1.29, 1.82) is 0 Å². The standard InChI is InChI=1S/C12H18ClNS/c1-9(2)5-6-15-8-10-3-4-11(13)7-12(10)14/h3-4,7,9H,5-6,8,14H2,1-2H3. The molecule has 0 aliphatic heterocycles. The van der Waals surface area contributed by atoms with Gasteiger partial charge in [-0.3, -0.25) is 0 Å². The first-order valence-corrected chi connectivity index (χ1v) is 6.74. The van der Waals surface area contributed by atoms with E-state index in [1.807, 2.05) is 30.0 Å². The Bertz CT molecular complexity index is 312. The molecule has 2 N–H and O–H groups in total. The molecule has 1 aromatic carbocycles. The highest BCUT2D eigenvalue weighted by Gasteiger charge is 2.01. The Hall–Kier alpha value is -0.340. The van der Waals surface area contributed by atoms with Gasteiger partial charge < -0.3 is 5.73 Å². The van der Waals surface area contributed by atoms with Gasteiger partial charge in [0, 0.05) is 16.5 Å². The van der Waals surface area contributed by atoms with Crippen molar-refractivity contribution in [3.63, 3.8) is 0 Å². The van der Waals surface area contributed by atoms with Crippen LogP contribution in [0.4, 0.5) is 5.69 Å². The van der Waals surface area contributed by atoms with Crippen molar-refractivity contribution in [2.45, 2.75) is 26.0 Å². The third-order valence-electron chi connectivity index (χ3n) is 2.21. The maximum atomic E-state index is 5.87. The summed E-state index contributed by atoms with van der Waals surface area (Å²) in [6.45, 7) is 4.49. The Morgan fingerprint density at radius 2 is 2.13 bits per heavy atom. The first-order chi connectivity index (χ1) is 7.09. The number of hydrogen-bond acceptors (Lipinski definition) is 2. The summed E-state index contributed by atoms with van der Waals surface area (Å²) in [6.07, 6.45) is 1.26. The molecule has 0 heterocycles. The van der Waals surface area contributed by atoms with Gasteiger partial charge in [0.1, 0.15) is 0 Å². The van der Waals surface area contributed by atoms with Crippen LogP contribution in [0.5, 0.6) is 0 Å². The summed E-state index contributed by atoms with van der Waals surface area (Å²) in [5.74, 6) is 2.95. The highest BCUT2D eigenvalue weighted by Crippen LogP contribution is 2.23. The predicted molar refractivity (Wildman–Crippen MR) is 71.5 cm³/mol. The third-order valence-corrected chi connectivity index (χ3v) is 3.48. The van der Waals surface area contributed by atoms with Gasteiger partial charge in [-0.15, -0.1) is 0 Å². The van der Waals surface area contributed by atoms with Crippen molar-refractivity contribution in [2.24, 2.45) is 5.92 Å². The number of hydrogen-bond donors (Lipinski definition) is 1. The number of benzene rings is 1. The molecule has 0 aromatic heterocycles. The van der Waals surface area contributed by atoms with Crippen molar-refractivity contribution in [1.82, 2.24) is 0 Å². The fourth-order valence-corrected chi connectivity index (χ4v) is 2.64. The molecule has 0 aliphatic rings. The molecular formula is C12H18ClNS. The smallest absolute Gasteiger partial charge is 0.0426 e. The van der Waals surface area contributed by atoms with Crippen molar-refractivity contribution >= 4 is 29.1 Å². The van der Waals surface area contributed by atoms with Gasteiger partial charge in [-0.1, -0.05) is 31.5 Å². The van der Waals surface area contributed by atoms with E-state index >= 15 is 0 Å². The minimum Gasteiger partial charge on any atom is -0.398 e. The molecular weight excluding hydrogens is 226 g/mol. The number of nitrogen functional groups attached to an aromatic ring is 1. The fourth-order valence-electron chi connectivity index (χ4n) is 1.20. The van der Waals surface area contributed by atoms with Crippen LogP contribution in [0, 0.1) is 5.92 Å². The normalized spacial score (nSPS) is 10.9. The van der Waals surface area contributed by atoms with E-state index < -0.39 is 0 Å². The Balaban J connectivity index is 2.37. The van der Waals surface area contributed by atoms with Gasteiger partial charge >= 0.3 is 0 Å². The summed E-state index contributed by atoms with van der Waals surface area (Å²) in [4.78, 5) is 0. The van der Waals surface area contributed by atoms with Crippen molar-refractivity contribution < 1.29 is 0 Å². The maximum absolute atomic E-state index is 5.87. The Labute approximate surface area is 101 Å². The van der Waals surface area contributed by atoms with E-state index in [1.165, 1.54) is 17.7 Å². The first kappa shape index (κ1) is 12.7. The molecule has 15 heavy (non-hydrogen) atoms. The van der Waals surface area contributed by atoms with Crippen molar-refractivity contribution in [2.75, 3.05) is 11.5 Å². The van der Waals surface area contributed by atoms with Crippen LogP contribution in [-0.2, 0) is 5.75 Å². The second kappa shape index (κ2) is 6.29. The molecule has 84 valence electrons. The van der Waals surface area contributed by atoms with Gasteiger partial charge in [-0.05, 0) is 35.8 Å². The molecule has 1 aromatic rings. The van der Waals surface area contributed by atoms with Gasteiger partial charge in [-0.2, -0.15) is 11.8 Å². The Kier molecular flexibility index (Phi) is 5.34. The number of halogens is 1. The van der Waals surface area contributed by atoms with Crippen LogP contribution < -0.4 is 5.73 Å². The lowest BCUT2D eigenvalue weighted by Crippen LogP contribution is -1.94. The summed E-state index contributed by atoms with van der Waals surface area (Å²) in [5.41, 5.74) is 7.86. The topological polar surface area (TPSA) is 26.0 Å². The summed E-state index contributed by atoms with van der Waals surface area (Å²) >= 11 is 7.76. The first-order valence-electron chi connectivity index (χ1n) is 5.21. The molecule has 0 aliphatic carbocycles. The van der Waals surface area contributed by atoms with Gasteiger partial charge in [0.2, 0.25) is 0 Å². The van der Waals surface area contributed by atoms with Crippen LogP contribution in [0.1, 0.15) is 25.8 Å². The highest BCUT2D eigenvalue weighted by molar-refractivity contribution is 7.98. The molecule has 1 rings (SSSR count). The minimum absolute atomic E-state index is 0.712. The Morgan fingerprint density at radius 1 is 1.40 bits per heavy atom. The van der Waals surface area contributed by atoms with Gasteiger partial charge in [-0.25, -0.2) is 0 Å². The van der Waals surface area contributed by atoms with E-state index in [0.29, 0.717) is 5.02 Å². The summed E-state index contributed by atoms with van der Waals surface area (Å²) in [7, 11) is 0. The summed E-state index contributed by atoms with van der Waals surface area (Å²) < 4.78 is 0. The SMILES string of the molecule is CC(C)CCSCc1ccc(Cl)cc1N. The highest BCUT2D eigenvalue weighted by atomic mass is 35.5. The van der Waals surface area contributed by atoms with Gasteiger partial charge in [0.05, 0.1) is 0 Å². The minimum atomic E-state index is 0.712. The quantitative estimate of drug-likeness (QED) is 0.620. The zero-order chi connectivity index (χ0) is 11.3. The molecule has 0 saturated heterocycles. The molecule has 0 saturated carbocycles. The molecule has 0 atom stereocenters. The zero-order valence-electron chi connectivity index (χ0n) is 9.29. The maximum Gasteiger partial charge on any atom is 0.0426 e. The number of thioether (sulfide) groups is 1. The lowest BCUT2D eigenvalue weighted by molar-refractivity contribution is 0.632. The van der Waals surface area contributed by atoms with E-state index in [-0.39, 0.29) is 0 Å². The fraction of sp³-hybridized carbons (Fsp3) is 0.500. The van der Waals surface area contributed by atoms with E-state index in [2.05, 4.69) is 13.8 Å². The van der Waals surface area contributed by atoms with Gasteiger partial charge in [0.25, 0.3) is 0 Å². The lowest BCUT2D eigenvalue weighted by atomic mass is 10.2. The number of rotatable bonds is 5. The van der Waals surface area contributed by atoms with Gasteiger partial charge in [0.15, 0.2) is 0 Å². The van der Waals surface area contributed by atoms with Crippen LogP contribution in [0.2, 0.25) is 5.02 Å². The van der Waals surface area contributed by atoms with Crippen LogP contribution >= 0.6 is 23.4 Å². The van der Waals surface area contributed by atoms with E-state index in [4.69, 9.17) is 17.3 Å². The van der Waals surface area contributed by atoms with E-state index in [9.17, 15) is 0 Å². The van der Waals surface area contributed by atoms with E-state index in [0.717, 1.165) is 17.4 Å². The number of nitrogens with two attached hydrogens (primary N) is 1. The monoisotopic (exact) mass is 243 g/mol. The van der Waals surface area contributed by atoms with Crippen LogP contribution in [-0.4, -0.2) is 5.75 Å². The molecule has 0 fully saturated rings. The molecule has 0 radical (unpaired) electrons. The average molecular weight is 244 g/mol. The molecule has 0 amide bonds. The van der Waals surface area contributed by atoms with Crippen molar-refractivity contribution in [3.05, 3.63) is 28.8 Å². The molecule has 3 heteroatoms. The van der Waals surface area contributed by atoms with Crippen LogP contribution in [0.3, 0.4) is 0 Å². The van der Waals surface area contributed by atoms with Crippen LogP contribution in [0.25, 0.3) is 0 Å². The molecule has 0 bridgehead atoms. The second-order valence-corrected chi connectivity index (χ2v) is 5.62.